The summed E-state index contributed by atoms with van der Waals surface area (Å²) in [6, 6.07) is 16.2. The quantitative estimate of drug-likeness (QED) is 0.885. The van der Waals surface area contributed by atoms with E-state index in [9.17, 15) is 9.59 Å². The average molecular weight is 308 g/mol. The van der Waals surface area contributed by atoms with Crippen LogP contribution >= 0.6 is 0 Å². The number of nitrogens with zero attached hydrogens (tertiary/aromatic N) is 1. The lowest BCUT2D eigenvalue weighted by Gasteiger charge is -2.39. The number of fused-ring (bicyclic) bond motifs is 1. The summed E-state index contributed by atoms with van der Waals surface area (Å²) in [6.07, 6.45) is 1.45. The zero-order chi connectivity index (χ0) is 16.4. The van der Waals surface area contributed by atoms with Crippen LogP contribution in [-0.2, 0) is 9.59 Å². The van der Waals surface area contributed by atoms with Crippen LogP contribution in [0.4, 0.5) is 5.69 Å². The van der Waals surface area contributed by atoms with E-state index in [1.54, 1.807) is 6.92 Å². The minimum atomic E-state index is -0.0724. The molecule has 0 bridgehead atoms. The zero-order valence-electron chi connectivity index (χ0n) is 13.3. The van der Waals surface area contributed by atoms with Gasteiger partial charge in [0.15, 0.2) is 0 Å². The topological polar surface area (TPSA) is 49.4 Å². The maximum atomic E-state index is 12.0. The van der Waals surface area contributed by atoms with Gasteiger partial charge >= 0.3 is 0 Å². The molecule has 118 valence electrons. The fourth-order valence-corrected chi connectivity index (χ4v) is 3.39. The highest BCUT2D eigenvalue weighted by Crippen LogP contribution is 2.39. The van der Waals surface area contributed by atoms with Gasteiger partial charge in [0, 0.05) is 18.7 Å². The normalized spacial score (nSPS) is 19.8. The summed E-state index contributed by atoms with van der Waals surface area (Å²) in [4.78, 5) is 24.8. The van der Waals surface area contributed by atoms with Crippen molar-refractivity contribution in [2.75, 3.05) is 4.90 Å². The zero-order valence-corrected chi connectivity index (χ0v) is 13.3. The third kappa shape index (κ3) is 2.84. The molecule has 1 aliphatic rings. The molecule has 1 heterocycles. The molecule has 2 aromatic rings. The Hall–Kier alpha value is -2.62. The highest BCUT2D eigenvalue weighted by atomic mass is 16.2. The number of anilines is 1. The lowest BCUT2D eigenvalue weighted by Crippen LogP contribution is -2.44. The highest BCUT2D eigenvalue weighted by Gasteiger charge is 2.32. The van der Waals surface area contributed by atoms with Gasteiger partial charge in [0.05, 0.1) is 6.04 Å². The van der Waals surface area contributed by atoms with Crippen LogP contribution in [0.25, 0.3) is 11.1 Å². The number of amides is 2. The Balaban J connectivity index is 2.11. The molecule has 0 spiro atoms. The van der Waals surface area contributed by atoms with Crippen molar-refractivity contribution in [1.82, 2.24) is 5.32 Å². The minimum absolute atomic E-state index is 0.0239. The van der Waals surface area contributed by atoms with Crippen molar-refractivity contribution < 1.29 is 9.59 Å². The third-order valence-electron chi connectivity index (χ3n) is 4.40. The molecule has 23 heavy (non-hydrogen) atoms. The number of carbonyl (C=O) groups excluding carboxylic acids is 2. The number of carbonyl (C=O) groups is 2. The van der Waals surface area contributed by atoms with E-state index in [-0.39, 0.29) is 18.0 Å². The molecular weight excluding hydrogens is 288 g/mol. The molecule has 2 aromatic carbocycles. The molecule has 2 amide bonds. The summed E-state index contributed by atoms with van der Waals surface area (Å²) in [6.45, 7) is 3.59. The van der Waals surface area contributed by atoms with Crippen molar-refractivity contribution in [3.05, 3.63) is 54.1 Å². The molecule has 0 unspecified atom stereocenters. The largest absolute Gasteiger partial charge is 0.352 e. The molecule has 1 N–H and O–H groups in total. The van der Waals surface area contributed by atoms with Gasteiger partial charge in [-0.05, 0) is 42.2 Å². The van der Waals surface area contributed by atoms with Crippen LogP contribution in [-0.4, -0.2) is 18.4 Å². The molecular formula is C19H20N2O2. The Labute approximate surface area is 136 Å². The van der Waals surface area contributed by atoms with Crippen LogP contribution in [0.1, 0.15) is 31.9 Å². The molecule has 0 saturated heterocycles. The Morgan fingerprint density at radius 2 is 1.91 bits per heavy atom. The predicted molar refractivity (Wildman–Crippen MR) is 91.1 cm³/mol. The summed E-state index contributed by atoms with van der Waals surface area (Å²) in [5, 5.41) is 2.89. The standard InChI is InChI=1S/C19H20N2O2/c1-13-10-18(20-12-22)17-11-16(15-6-4-3-5-7-15)8-9-19(17)21(13)14(2)23/h3-9,11-13,18H,10H2,1-2H3,(H,20,22)/t13-,18+/m1/s1. The summed E-state index contributed by atoms with van der Waals surface area (Å²) >= 11 is 0. The number of benzene rings is 2. The van der Waals surface area contributed by atoms with E-state index in [0.29, 0.717) is 6.42 Å². The highest BCUT2D eigenvalue weighted by molar-refractivity contribution is 5.94. The van der Waals surface area contributed by atoms with Gasteiger partial charge < -0.3 is 10.2 Å². The van der Waals surface area contributed by atoms with Crippen LogP contribution < -0.4 is 10.2 Å². The van der Waals surface area contributed by atoms with Crippen molar-refractivity contribution in [1.29, 1.82) is 0 Å². The van der Waals surface area contributed by atoms with Gasteiger partial charge in [0.2, 0.25) is 12.3 Å². The van der Waals surface area contributed by atoms with Crippen LogP contribution in [0, 0.1) is 0 Å². The molecule has 0 saturated carbocycles. The van der Waals surface area contributed by atoms with Crippen LogP contribution in [0.3, 0.4) is 0 Å². The second-order valence-corrected chi connectivity index (χ2v) is 5.95. The summed E-state index contributed by atoms with van der Waals surface area (Å²) in [7, 11) is 0. The summed E-state index contributed by atoms with van der Waals surface area (Å²) in [5.41, 5.74) is 4.08. The monoisotopic (exact) mass is 308 g/mol. The lowest BCUT2D eigenvalue weighted by atomic mass is 9.89. The molecule has 0 fully saturated rings. The fraction of sp³-hybridized carbons (Fsp3) is 0.263. The smallest absolute Gasteiger partial charge is 0.224 e. The van der Waals surface area contributed by atoms with Gasteiger partial charge in [0.25, 0.3) is 0 Å². The Morgan fingerprint density at radius 1 is 1.17 bits per heavy atom. The first-order chi connectivity index (χ1) is 11.1. The Kier molecular flexibility index (Phi) is 4.15. The van der Waals surface area contributed by atoms with Crippen LogP contribution in [0.2, 0.25) is 0 Å². The van der Waals surface area contributed by atoms with Gasteiger partial charge in [-0.25, -0.2) is 0 Å². The van der Waals surface area contributed by atoms with E-state index in [1.807, 2.05) is 42.2 Å². The van der Waals surface area contributed by atoms with Gasteiger partial charge in [-0.3, -0.25) is 9.59 Å². The SMILES string of the molecule is CC(=O)N1c2ccc(-c3ccccc3)cc2[C@@H](NC=O)C[C@H]1C. The van der Waals surface area contributed by atoms with E-state index < -0.39 is 0 Å². The molecule has 0 aromatic heterocycles. The number of nitrogens with one attached hydrogen (secondary N) is 1. The van der Waals surface area contributed by atoms with Crippen molar-refractivity contribution >= 4 is 18.0 Å². The number of rotatable bonds is 3. The van der Waals surface area contributed by atoms with Gasteiger partial charge in [0.1, 0.15) is 0 Å². The van der Waals surface area contributed by atoms with Gasteiger partial charge in [-0.2, -0.15) is 0 Å². The summed E-state index contributed by atoms with van der Waals surface area (Å²) < 4.78 is 0. The van der Waals surface area contributed by atoms with Gasteiger partial charge in [-0.15, -0.1) is 0 Å². The minimum Gasteiger partial charge on any atom is -0.352 e. The molecule has 0 aliphatic carbocycles. The third-order valence-corrected chi connectivity index (χ3v) is 4.40. The summed E-state index contributed by atoms with van der Waals surface area (Å²) in [5.74, 6) is 0.0239. The Morgan fingerprint density at radius 3 is 2.57 bits per heavy atom. The first-order valence-electron chi connectivity index (χ1n) is 7.80. The molecule has 3 rings (SSSR count). The van der Waals surface area contributed by atoms with E-state index in [1.165, 1.54) is 0 Å². The van der Waals surface area contributed by atoms with Crippen molar-refractivity contribution in [3.63, 3.8) is 0 Å². The first kappa shape index (κ1) is 15.3. The second-order valence-electron chi connectivity index (χ2n) is 5.95. The first-order valence-corrected chi connectivity index (χ1v) is 7.80. The number of hydrogen-bond donors (Lipinski definition) is 1. The average Bonchev–Trinajstić information content (AvgIpc) is 2.55. The maximum Gasteiger partial charge on any atom is 0.224 e. The molecule has 2 atom stereocenters. The molecule has 0 radical (unpaired) electrons. The van der Waals surface area contributed by atoms with Crippen molar-refractivity contribution in [2.45, 2.75) is 32.4 Å². The van der Waals surface area contributed by atoms with Crippen LogP contribution in [0.5, 0.6) is 0 Å². The molecule has 4 heteroatoms. The maximum absolute atomic E-state index is 12.0. The van der Waals surface area contributed by atoms with Crippen LogP contribution in [0.15, 0.2) is 48.5 Å². The number of hydrogen-bond acceptors (Lipinski definition) is 2. The van der Waals surface area contributed by atoms with Crippen molar-refractivity contribution in [2.24, 2.45) is 0 Å². The Bertz CT molecular complexity index is 727. The second kappa shape index (κ2) is 6.24. The predicted octanol–water partition coefficient (Wildman–Crippen LogP) is 3.29. The molecule has 4 nitrogen and oxygen atoms in total. The van der Waals surface area contributed by atoms with Crippen molar-refractivity contribution in [3.8, 4) is 11.1 Å². The van der Waals surface area contributed by atoms with E-state index in [2.05, 4.69) is 23.5 Å². The van der Waals surface area contributed by atoms with E-state index in [0.717, 1.165) is 28.8 Å². The lowest BCUT2D eigenvalue weighted by molar-refractivity contribution is -0.117. The van der Waals surface area contributed by atoms with Gasteiger partial charge in [-0.1, -0.05) is 36.4 Å². The molecule has 1 aliphatic heterocycles. The fourth-order valence-electron chi connectivity index (χ4n) is 3.39. The van der Waals surface area contributed by atoms with E-state index >= 15 is 0 Å². The van der Waals surface area contributed by atoms with E-state index in [4.69, 9.17) is 0 Å².